The van der Waals surface area contributed by atoms with Crippen molar-refractivity contribution >= 4 is 29.4 Å². The summed E-state index contributed by atoms with van der Waals surface area (Å²) in [4.78, 5) is 16.1. The highest BCUT2D eigenvalue weighted by molar-refractivity contribution is 7.71. The van der Waals surface area contributed by atoms with Crippen molar-refractivity contribution in [2.75, 3.05) is 20.6 Å². The molecule has 0 bridgehead atoms. The van der Waals surface area contributed by atoms with Crippen molar-refractivity contribution < 1.29 is 4.79 Å². The number of carbonyl (C=O) groups is 1. The molecule has 2 aromatic rings. The Labute approximate surface area is 116 Å². The second kappa shape index (κ2) is 5.04. The largest absolute Gasteiger partial charge is 0.336 e. The average Bonchev–Trinajstić information content (AvgIpc) is 2.79. The quantitative estimate of drug-likeness (QED) is 0.825. The van der Waals surface area contributed by atoms with E-state index in [9.17, 15) is 4.79 Å². The minimum Gasteiger partial charge on any atom is -0.336 e. The number of urea groups is 1. The normalized spacial score (nSPS) is 10.9. The second-order valence-electron chi connectivity index (χ2n) is 4.62. The molecule has 2 rings (SSSR count). The van der Waals surface area contributed by atoms with Crippen molar-refractivity contribution in [2.45, 2.75) is 13.5 Å². The van der Waals surface area contributed by atoms with Crippen molar-refractivity contribution in [1.29, 1.82) is 0 Å². The molecule has 104 valence electrons. The molecule has 0 aliphatic carbocycles. The molecular weight excluding hydrogens is 264 g/mol. The van der Waals surface area contributed by atoms with Crippen molar-refractivity contribution in [1.82, 2.24) is 29.5 Å². The highest BCUT2D eigenvalue weighted by atomic mass is 32.1. The van der Waals surface area contributed by atoms with Gasteiger partial charge in [0.05, 0.1) is 5.69 Å². The summed E-state index contributed by atoms with van der Waals surface area (Å²) in [6.45, 7) is 3.06. The van der Waals surface area contributed by atoms with E-state index in [1.165, 1.54) is 4.90 Å². The van der Waals surface area contributed by atoms with Gasteiger partial charge in [-0.1, -0.05) is 0 Å². The molecule has 2 N–H and O–H groups in total. The first-order valence-corrected chi connectivity index (χ1v) is 6.40. The smallest absolute Gasteiger partial charge is 0.316 e. The summed E-state index contributed by atoms with van der Waals surface area (Å²) >= 11 is 5.30. The number of aromatic amines is 1. The van der Waals surface area contributed by atoms with Crippen LogP contribution in [0.3, 0.4) is 0 Å². The highest BCUT2D eigenvalue weighted by Crippen LogP contribution is 2.16. The van der Waals surface area contributed by atoms with E-state index >= 15 is 0 Å². The fourth-order valence-electron chi connectivity index (χ4n) is 2.01. The fraction of sp³-hybridized carbons (Fsp3) is 0.545. The number of nitrogens with zero attached hydrogens (tertiary/aromatic N) is 4. The summed E-state index contributed by atoms with van der Waals surface area (Å²) < 4.78 is 4.39. The highest BCUT2D eigenvalue weighted by Gasteiger charge is 2.12. The summed E-state index contributed by atoms with van der Waals surface area (Å²) in [6.07, 6.45) is 0. The summed E-state index contributed by atoms with van der Waals surface area (Å²) in [5, 5.41) is 7.16. The summed E-state index contributed by atoms with van der Waals surface area (Å²) in [6, 6.07) is -0.112. The molecule has 0 saturated carbocycles. The Morgan fingerprint density at radius 1 is 1.53 bits per heavy atom. The second-order valence-corrected chi connectivity index (χ2v) is 5.00. The van der Waals surface area contributed by atoms with Crippen LogP contribution in [0, 0.1) is 11.7 Å². The standard InChI is InChI=1S/C11H18N6OS/c1-7-8-9(16(4)14-7)17(11(19)13-8)6-5-12-10(18)15(2)3/h5-6H2,1-4H3,(H,12,18)(H,13,19). The maximum atomic E-state index is 11.4. The number of hydrogen-bond acceptors (Lipinski definition) is 3. The zero-order chi connectivity index (χ0) is 14.2. The Hall–Kier alpha value is -1.83. The van der Waals surface area contributed by atoms with E-state index in [0.717, 1.165) is 16.9 Å². The van der Waals surface area contributed by atoms with E-state index in [1.807, 2.05) is 18.5 Å². The van der Waals surface area contributed by atoms with Gasteiger partial charge in [0.15, 0.2) is 10.4 Å². The zero-order valence-electron chi connectivity index (χ0n) is 11.5. The van der Waals surface area contributed by atoms with Gasteiger partial charge in [-0.2, -0.15) is 5.10 Å². The molecule has 19 heavy (non-hydrogen) atoms. The van der Waals surface area contributed by atoms with Crippen LogP contribution < -0.4 is 5.32 Å². The predicted molar refractivity (Wildman–Crippen MR) is 75.7 cm³/mol. The number of H-pyrrole nitrogens is 1. The Balaban J connectivity index is 2.19. The van der Waals surface area contributed by atoms with E-state index in [1.54, 1.807) is 18.8 Å². The van der Waals surface area contributed by atoms with Crippen LogP contribution in [-0.2, 0) is 13.6 Å². The van der Waals surface area contributed by atoms with Gasteiger partial charge in [-0.15, -0.1) is 0 Å². The lowest BCUT2D eigenvalue weighted by Crippen LogP contribution is -2.36. The van der Waals surface area contributed by atoms with E-state index in [-0.39, 0.29) is 6.03 Å². The van der Waals surface area contributed by atoms with Gasteiger partial charge in [0.25, 0.3) is 0 Å². The van der Waals surface area contributed by atoms with Crippen LogP contribution in [0.4, 0.5) is 4.79 Å². The number of hydrogen-bond donors (Lipinski definition) is 2. The third-order valence-corrected chi connectivity index (χ3v) is 3.26. The molecule has 0 aromatic carbocycles. The van der Waals surface area contributed by atoms with Crippen LogP contribution in [0.15, 0.2) is 0 Å². The molecule has 2 amide bonds. The molecule has 0 atom stereocenters. The van der Waals surface area contributed by atoms with Crippen molar-refractivity contribution in [3.8, 4) is 0 Å². The number of imidazole rings is 1. The molecule has 2 aromatic heterocycles. The van der Waals surface area contributed by atoms with Gasteiger partial charge in [-0.05, 0) is 19.1 Å². The zero-order valence-corrected chi connectivity index (χ0v) is 12.3. The van der Waals surface area contributed by atoms with E-state index < -0.39 is 0 Å². The van der Waals surface area contributed by atoms with E-state index in [4.69, 9.17) is 12.2 Å². The molecule has 0 radical (unpaired) electrons. The molecule has 7 nitrogen and oxygen atoms in total. The van der Waals surface area contributed by atoms with E-state index in [0.29, 0.717) is 17.9 Å². The summed E-state index contributed by atoms with van der Waals surface area (Å²) in [5.41, 5.74) is 2.81. The fourth-order valence-corrected chi connectivity index (χ4v) is 2.29. The SMILES string of the molecule is Cc1nn(C)c2c1[nH]c(=S)n2CCNC(=O)N(C)C. The van der Waals surface area contributed by atoms with Crippen LogP contribution in [-0.4, -0.2) is 50.9 Å². The molecular formula is C11H18N6OS. The number of amides is 2. The number of carbonyl (C=O) groups excluding carboxylic acids is 1. The third kappa shape index (κ3) is 2.48. The topological polar surface area (TPSA) is 70.9 Å². The van der Waals surface area contributed by atoms with Crippen LogP contribution >= 0.6 is 12.2 Å². The number of fused-ring (bicyclic) bond motifs is 1. The minimum atomic E-state index is -0.112. The van der Waals surface area contributed by atoms with Crippen molar-refractivity contribution in [2.24, 2.45) is 7.05 Å². The molecule has 0 saturated heterocycles. The maximum absolute atomic E-state index is 11.4. The summed E-state index contributed by atoms with van der Waals surface area (Å²) in [5.74, 6) is 0. The van der Waals surface area contributed by atoms with Gasteiger partial charge >= 0.3 is 6.03 Å². The van der Waals surface area contributed by atoms with Gasteiger partial charge < -0.3 is 15.2 Å². The minimum absolute atomic E-state index is 0.112. The molecule has 8 heteroatoms. The first-order chi connectivity index (χ1) is 8.91. The number of nitrogens with one attached hydrogen (secondary N) is 2. The molecule has 0 fully saturated rings. The monoisotopic (exact) mass is 282 g/mol. The molecule has 0 unspecified atom stereocenters. The number of aryl methyl sites for hydroxylation is 2. The third-order valence-electron chi connectivity index (χ3n) is 2.94. The predicted octanol–water partition coefficient (Wildman–Crippen LogP) is 1.01. The Bertz CT molecular complexity index is 665. The lowest BCUT2D eigenvalue weighted by molar-refractivity contribution is 0.217. The van der Waals surface area contributed by atoms with Crippen LogP contribution in [0.5, 0.6) is 0 Å². The molecule has 0 aliphatic rings. The van der Waals surface area contributed by atoms with Crippen LogP contribution in [0.2, 0.25) is 0 Å². The van der Waals surface area contributed by atoms with E-state index in [2.05, 4.69) is 15.4 Å². The van der Waals surface area contributed by atoms with Crippen molar-refractivity contribution in [3.63, 3.8) is 0 Å². The first-order valence-electron chi connectivity index (χ1n) is 5.99. The Kier molecular flexibility index (Phi) is 3.61. The average molecular weight is 282 g/mol. The first kappa shape index (κ1) is 13.6. The summed E-state index contributed by atoms with van der Waals surface area (Å²) in [7, 11) is 5.30. The lowest BCUT2D eigenvalue weighted by Gasteiger charge is -2.12. The van der Waals surface area contributed by atoms with Crippen molar-refractivity contribution in [3.05, 3.63) is 10.5 Å². The molecule has 0 aliphatic heterocycles. The van der Waals surface area contributed by atoms with Gasteiger partial charge in [0.2, 0.25) is 0 Å². The maximum Gasteiger partial charge on any atom is 0.316 e. The van der Waals surface area contributed by atoms with Crippen LogP contribution in [0.1, 0.15) is 5.69 Å². The molecule has 2 heterocycles. The number of aromatic nitrogens is 4. The lowest BCUT2D eigenvalue weighted by atomic mass is 10.4. The van der Waals surface area contributed by atoms with Gasteiger partial charge in [0.1, 0.15) is 5.52 Å². The van der Waals surface area contributed by atoms with Gasteiger partial charge in [0, 0.05) is 34.2 Å². The Morgan fingerprint density at radius 3 is 2.84 bits per heavy atom. The van der Waals surface area contributed by atoms with Gasteiger partial charge in [-0.3, -0.25) is 9.25 Å². The Morgan fingerprint density at radius 2 is 2.21 bits per heavy atom. The molecule has 0 spiro atoms. The van der Waals surface area contributed by atoms with Gasteiger partial charge in [-0.25, -0.2) is 4.79 Å². The van der Waals surface area contributed by atoms with Crippen LogP contribution in [0.25, 0.3) is 11.2 Å². The number of rotatable bonds is 3.